The van der Waals surface area contributed by atoms with E-state index in [4.69, 9.17) is 0 Å². The molecule has 0 aliphatic carbocycles. The molecule has 0 bridgehead atoms. The third-order valence-corrected chi connectivity index (χ3v) is 5.96. The van der Waals surface area contributed by atoms with E-state index in [2.05, 4.69) is 13.1 Å². The van der Waals surface area contributed by atoms with Crippen molar-refractivity contribution in [3.05, 3.63) is 0 Å². The molecule has 1 saturated heterocycles. The van der Waals surface area contributed by atoms with E-state index in [1.165, 1.54) is 12.1 Å². The van der Waals surface area contributed by atoms with Gasteiger partial charge in [0.2, 0.25) is 0 Å². The molecule has 1 heterocycles. The Balaban J connectivity index is 2.19. The molecule has 2 heteroatoms. The van der Waals surface area contributed by atoms with Crippen molar-refractivity contribution in [2.45, 2.75) is 44.9 Å². The first-order chi connectivity index (χ1) is 5.03. The van der Waals surface area contributed by atoms with Gasteiger partial charge in [-0.2, -0.15) is 0 Å². The fraction of sp³-hybridized carbons (Fsp3) is 0.889. The van der Waals surface area contributed by atoms with Crippen molar-refractivity contribution in [2.75, 3.05) is 0 Å². The van der Waals surface area contributed by atoms with Crippen molar-refractivity contribution in [1.82, 2.24) is 0 Å². The third kappa shape index (κ3) is 2.44. The minimum absolute atomic E-state index is 0.458. The number of rotatable bonds is 3. The van der Waals surface area contributed by atoms with Crippen LogP contribution >= 0.6 is 0 Å². The lowest BCUT2D eigenvalue weighted by Gasteiger charge is -2.40. The zero-order valence-electron chi connectivity index (χ0n) is 7.81. The van der Waals surface area contributed by atoms with Crippen LogP contribution in [0.2, 0.25) is 25.2 Å². The molecule has 1 nitrogen and oxygen atoms in total. The van der Waals surface area contributed by atoms with Crippen molar-refractivity contribution >= 4 is 13.9 Å². The standard InChI is InChI=1S/C9H18OSi/c1-4-9(10)5-8-6-11(2,3)7-8/h8H,4-7H2,1-3H3. The molecule has 1 rings (SSSR count). The monoisotopic (exact) mass is 170 g/mol. The highest BCUT2D eigenvalue weighted by atomic mass is 28.3. The molecule has 0 aromatic heterocycles. The van der Waals surface area contributed by atoms with Crippen molar-refractivity contribution in [3.8, 4) is 0 Å². The predicted octanol–water partition coefficient (Wildman–Crippen LogP) is 2.69. The highest BCUT2D eigenvalue weighted by molar-refractivity contribution is 6.80. The predicted molar refractivity (Wildman–Crippen MR) is 50.5 cm³/mol. The van der Waals surface area contributed by atoms with Crippen LogP contribution in [0.3, 0.4) is 0 Å². The van der Waals surface area contributed by atoms with E-state index in [1.807, 2.05) is 6.92 Å². The summed E-state index contributed by atoms with van der Waals surface area (Å²) in [6.45, 7) is 6.80. The number of hydrogen-bond donors (Lipinski definition) is 0. The molecule has 64 valence electrons. The smallest absolute Gasteiger partial charge is 0.132 e. The highest BCUT2D eigenvalue weighted by Crippen LogP contribution is 2.40. The molecule has 0 saturated carbocycles. The fourth-order valence-corrected chi connectivity index (χ4v) is 5.41. The first-order valence-electron chi connectivity index (χ1n) is 4.55. The van der Waals surface area contributed by atoms with E-state index >= 15 is 0 Å². The van der Waals surface area contributed by atoms with Gasteiger partial charge in [-0.1, -0.05) is 32.1 Å². The molecule has 1 fully saturated rings. The molecule has 1 aliphatic rings. The Morgan fingerprint density at radius 1 is 1.45 bits per heavy atom. The van der Waals surface area contributed by atoms with Crippen molar-refractivity contribution < 1.29 is 4.79 Å². The molecule has 0 aromatic rings. The second-order valence-electron chi connectivity index (χ2n) is 4.53. The molecule has 11 heavy (non-hydrogen) atoms. The maximum absolute atomic E-state index is 11.0. The van der Waals surface area contributed by atoms with Gasteiger partial charge in [0.25, 0.3) is 0 Å². The van der Waals surface area contributed by atoms with E-state index in [-0.39, 0.29) is 0 Å². The minimum Gasteiger partial charge on any atom is -0.300 e. The summed E-state index contributed by atoms with van der Waals surface area (Å²) in [7, 11) is -0.746. The van der Waals surface area contributed by atoms with Crippen LogP contribution in [0, 0.1) is 5.92 Å². The summed E-state index contributed by atoms with van der Waals surface area (Å²) in [5.74, 6) is 1.23. The molecule has 0 aromatic carbocycles. The minimum atomic E-state index is -0.746. The molecule has 0 amide bonds. The summed E-state index contributed by atoms with van der Waals surface area (Å²) in [5, 5.41) is 0. The van der Waals surface area contributed by atoms with Crippen LogP contribution in [0.1, 0.15) is 19.8 Å². The number of hydrogen-bond acceptors (Lipinski definition) is 1. The molecule has 0 atom stereocenters. The van der Waals surface area contributed by atoms with Gasteiger partial charge in [0.15, 0.2) is 0 Å². The van der Waals surface area contributed by atoms with Crippen LogP contribution < -0.4 is 0 Å². The summed E-state index contributed by atoms with van der Waals surface area (Å²) in [5.41, 5.74) is 0. The second-order valence-corrected chi connectivity index (χ2v) is 9.68. The van der Waals surface area contributed by atoms with Gasteiger partial charge in [-0.25, -0.2) is 0 Å². The molecule has 0 spiro atoms. The first kappa shape index (κ1) is 8.98. The van der Waals surface area contributed by atoms with Gasteiger partial charge in [0, 0.05) is 20.9 Å². The number of Topliss-reactive ketones (excluding diaryl/α,β-unsaturated/α-hetero) is 1. The van der Waals surface area contributed by atoms with Crippen molar-refractivity contribution in [3.63, 3.8) is 0 Å². The van der Waals surface area contributed by atoms with Gasteiger partial charge in [0.05, 0.1) is 0 Å². The molecular weight excluding hydrogens is 152 g/mol. The van der Waals surface area contributed by atoms with Crippen LogP contribution in [0.15, 0.2) is 0 Å². The van der Waals surface area contributed by atoms with Crippen LogP contribution in [-0.4, -0.2) is 13.9 Å². The molecular formula is C9H18OSi. The van der Waals surface area contributed by atoms with Gasteiger partial charge in [-0.05, 0) is 5.92 Å². The zero-order valence-corrected chi connectivity index (χ0v) is 8.81. The van der Waals surface area contributed by atoms with Crippen molar-refractivity contribution in [1.29, 1.82) is 0 Å². The average Bonchev–Trinajstić information content (AvgIpc) is 1.83. The van der Waals surface area contributed by atoms with E-state index < -0.39 is 8.07 Å². The van der Waals surface area contributed by atoms with E-state index in [0.717, 1.165) is 18.8 Å². The van der Waals surface area contributed by atoms with Gasteiger partial charge in [-0.15, -0.1) is 0 Å². The van der Waals surface area contributed by atoms with E-state index in [1.54, 1.807) is 0 Å². The lowest BCUT2D eigenvalue weighted by molar-refractivity contribution is -0.119. The summed E-state index contributed by atoms with van der Waals surface area (Å²) < 4.78 is 0. The van der Waals surface area contributed by atoms with Crippen molar-refractivity contribution in [2.24, 2.45) is 5.92 Å². The highest BCUT2D eigenvalue weighted by Gasteiger charge is 2.38. The Hall–Kier alpha value is -0.113. The number of carbonyl (C=O) groups is 1. The van der Waals surface area contributed by atoms with Crippen LogP contribution in [0.4, 0.5) is 0 Å². The van der Waals surface area contributed by atoms with Crippen LogP contribution in [0.5, 0.6) is 0 Å². The molecule has 0 unspecified atom stereocenters. The van der Waals surface area contributed by atoms with Gasteiger partial charge < -0.3 is 0 Å². The normalized spacial score (nSPS) is 22.8. The Bertz CT molecular complexity index is 155. The average molecular weight is 170 g/mol. The topological polar surface area (TPSA) is 17.1 Å². The largest absolute Gasteiger partial charge is 0.300 e. The molecule has 1 aliphatic heterocycles. The second kappa shape index (κ2) is 3.09. The Morgan fingerprint density at radius 3 is 2.36 bits per heavy atom. The molecule has 0 radical (unpaired) electrons. The Morgan fingerprint density at radius 2 is 2.00 bits per heavy atom. The fourth-order valence-electron chi connectivity index (χ4n) is 2.11. The lowest BCUT2D eigenvalue weighted by Crippen LogP contribution is -2.41. The summed E-state index contributed by atoms with van der Waals surface area (Å²) in [6, 6.07) is 2.78. The molecule has 0 N–H and O–H groups in total. The summed E-state index contributed by atoms with van der Waals surface area (Å²) >= 11 is 0. The number of ketones is 1. The van der Waals surface area contributed by atoms with Gasteiger partial charge >= 0.3 is 0 Å². The Labute approximate surface area is 70.2 Å². The lowest BCUT2D eigenvalue weighted by atomic mass is 10.0. The Kier molecular flexibility index (Phi) is 2.53. The van der Waals surface area contributed by atoms with E-state index in [0.29, 0.717) is 5.78 Å². The third-order valence-electron chi connectivity index (χ3n) is 2.59. The summed E-state index contributed by atoms with van der Waals surface area (Å²) in [6.07, 6.45) is 1.60. The maximum Gasteiger partial charge on any atom is 0.132 e. The zero-order chi connectivity index (χ0) is 8.48. The van der Waals surface area contributed by atoms with E-state index in [9.17, 15) is 4.79 Å². The number of carbonyl (C=O) groups excluding carboxylic acids is 1. The van der Waals surface area contributed by atoms with Crippen LogP contribution in [0.25, 0.3) is 0 Å². The van der Waals surface area contributed by atoms with Gasteiger partial charge in [-0.3, -0.25) is 4.79 Å². The SMILES string of the molecule is CCC(=O)CC1C[Si](C)(C)C1. The maximum atomic E-state index is 11.0. The van der Waals surface area contributed by atoms with Crippen LogP contribution in [-0.2, 0) is 4.79 Å². The quantitative estimate of drug-likeness (QED) is 0.595. The summed E-state index contributed by atoms with van der Waals surface area (Å²) in [4.78, 5) is 11.0. The van der Waals surface area contributed by atoms with Gasteiger partial charge in [0.1, 0.15) is 5.78 Å². The first-order valence-corrected chi connectivity index (χ1v) is 7.96.